The van der Waals surface area contributed by atoms with Gasteiger partial charge in [-0.1, -0.05) is 20.8 Å². The zero-order valence-electron chi connectivity index (χ0n) is 17.1. The van der Waals surface area contributed by atoms with Crippen molar-refractivity contribution in [2.45, 2.75) is 46.0 Å². The monoisotopic (exact) mass is 367 g/mol. The Morgan fingerprint density at radius 1 is 1.19 bits per heavy atom. The summed E-state index contributed by atoms with van der Waals surface area (Å²) in [5.41, 5.74) is 6.06. The average Bonchev–Trinajstić information content (AvgIpc) is 2.96. The molecule has 0 aliphatic carbocycles. The Labute approximate surface area is 161 Å². The summed E-state index contributed by atoms with van der Waals surface area (Å²) in [6.07, 6.45) is 2.87. The van der Waals surface area contributed by atoms with E-state index in [0.29, 0.717) is 11.8 Å². The van der Waals surface area contributed by atoms with Gasteiger partial charge < -0.3 is 14.4 Å². The minimum absolute atomic E-state index is 0.188. The van der Waals surface area contributed by atoms with E-state index in [4.69, 9.17) is 9.72 Å². The Morgan fingerprint density at radius 2 is 1.93 bits per heavy atom. The van der Waals surface area contributed by atoms with E-state index in [1.807, 2.05) is 13.1 Å². The van der Waals surface area contributed by atoms with Crippen LogP contribution in [0.2, 0.25) is 0 Å². The van der Waals surface area contributed by atoms with Crippen LogP contribution in [0, 0.1) is 6.92 Å². The summed E-state index contributed by atoms with van der Waals surface area (Å²) in [7, 11) is 3.67. The van der Waals surface area contributed by atoms with Crippen molar-refractivity contribution in [1.82, 2.24) is 14.5 Å². The van der Waals surface area contributed by atoms with E-state index >= 15 is 0 Å². The highest BCUT2D eigenvalue weighted by Gasteiger charge is 2.19. The molecular formula is C22H29N3O2. The van der Waals surface area contributed by atoms with Gasteiger partial charge in [0.05, 0.1) is 18.4 Å². The number of aromatic nitrogens is 3. The van der Waals surface area contributed by atoms with Crippen LogP contribution in [0.15, 0.2) is 24.4 Å². The molecule has 0 aromatic carbocycles. The second kappa shape index (κ2) is 7.69. The van der Waals surface area contributed by atoms with Crippen molar-refractivity contribution in [2.24, 2.45) is 7.05 Å². The lowest BCUT2D eigenvalue weighted by molar-refractivity contribution is 0.279. The zero-order chi connectivity index (χ0) is 19.7. The largest absolute Gasteiger partial charge is 0.480 e. The van der Waals surface area contributed by atoms with Crippen molar-refractivity contribution in [3.63, 3.8) is 0 Å². The van der Waals surface area contributed by atoms with Crippen LogP contribution in [0.1, 0.15) is 55.8 Å². The summed E-state index contributed by atoms with van der Waals surface area (Å²) in [5, 5.41) is 10.4. The van der Waals surface area contributed by atoms with Gasteiger partial charge in [0.2, 0.25) is 5.88 Å². The molecule has 0 fully saturated rings. The van der Waals surface area contributed by atoms with E-state index in [1.165, 1.54) is 5.56 Å². The van der Waals surface area contributed by atoms with Gasteiger partial charge in [-0.05, 0) is 54.5 Å². The molecule has 144 valence electrons. The van der Waals surface area contributed by atoms with Gasteiger partial charge in [-0.15, -0.1) is 0 Å². The minimum atomic E-state index is 0.188. The average molecular weight is 367 g/mol. The molecular weight excluding hydrogens is 338 g/mol. The van der Waals surface area contributed by atoms with Gasteiger partial charge in [0.25, 0.3) is 0 Å². The smallest absolute Gasteiger partial charge is 0.222 e. The van der Waals surface area contributed by atoms with Gasteiger partial charge in [0, 0.05) is 30.9 Å². The summed E-state index contributed by atoms with van der Waals surface area (Å²) in [5.74, 6) is 1.24. The molecule has 1 unspecified atom stereocenters. The quantitative estimate of drug-likeness (QED) is 0.694. The lowest BCUT2D eigenvalue weighted by Crippen LogP contribution is -2.01. The molecule has 3 aromatic heterocycles. The first-order valence-electron chi connectivity index (χ1n) is 9.50. The maximum Gasteiger partial charge on any atom is 0.222 e. The zero-order valence-corrected chi connectivity index (χ0v) is 17.1. The number of aryl methyl sites for hydroxylation is 2. The number of pyridine rings is 2. The van der Waals surface area contributed by atoms with Crippen LogP contribution in [0.25, 0.3) is 22.3 Å². The van der Waals surface area contributed by atoms with Gasteiger partial charge in [-0.2, -0.15) is 0 Å². The Kier molecular flexibility index (Phi) is 5.51. The van der Waals surface area contributed by atoms with E-state index in [1.54, 1.807) is 7.11 Å². The maximum absolute atomic E-state index is 9.30. The number of fused-ring (bicyclic) bond motifs is 1. The topological polar surface area (TPSA) is 60.2 Å². The summed E-state index contributed by atoms with van der Waals surface area (Å²) >= 11 is 0. The molecule has 5 heteroatoms. The van der Waals surface area contributed by atoms with Crippen LogP contribution in [0.5, 0.6) is 5.88 Å². The summed E-state index contributed by atoms with van der Waals surface area (Å²) < 4.78 is 7.64. The van der Waals surface area contributed by atoms with Gasteiger partial charge in [0.1, 0.15) is 5.65 Å². The van der Waals surface area contributed by atoms with Gasteiger partial charge >= 0.3 is 0 Å². The number of hydrogen-bond donors (Lipinski definition) is 1. The molecule has 3 heterocycles. The van der Waals surface area contributed by atoms with Crippen molar-refractivity contribution in [3.05, 3.63) is 41.2 Å². The molecule has 0 saturated carbocycles. The van der Waals surface area contributed by atoms with Crippen molar-refractivity contribution < 1.29 is 9.84 Å². The van der Waals surface area contributed by atoms with Crippen LogP contribution in [0.3, 0.4) is 0 Å². The molecule has 1 N–H and O–H groups in total. The Hall–Kier alpha value is -2.40. The van der Waals surface area contributed by atoms with Crippen LogP contribution < -0.4 is 4.74 Å². The highest BCUT2D eigenvalue weighted by Crippen LogP contribution is 2.35. The number of ether oxygens (including phenoxy) is 1. The number of aliphatic hydroxyl groups excluding tert-OH is 1. The number of rotatable bonds is 6. The van der Waals surface area contributed by atoms with Crippen LogP contribution in [0.4, 0.5) is 0 Å². The van der Waals surface area contributed by atoms with Crippen molar-refractivity contribution in [3.8, 4) is 17.1 Å². The fourth-order valence-corrected chi connectivity index (χ4v) is 3.55. The lowest BCUT2D eigenvalue weighted by atomic mass is 9.97. The van der Waals surface area contributed by atoms with Crippen molar-refractivity contribution in [2.75, 3.05) is 13.7 Å². The standard InChI is InChI=1S/C22H29N3O2/c1-13(2)19-8-7-16(22(23-19)27-6)20-15(4)11-17-18(14(3)9-10-26)12-25(5)21(17)24-20/h7-8,11-14,26H,9-10H2,1-6H3. The van der Waals surface area contributed by atoms with Crippen molar-refractivity contribution >= 4 is 11.0 Å². The van der Waals surface area contributed by atoms with Gasteiger partial charge in [-0.25, -0.2) is 9.97 Å². The van der Waals surface area contributed by atoms with Gasteiger partial charge in [-0.3, -0.25) is 0 Å². The predicted octanol–water partition coefficient (Wildman–Crippen LogP) is 4.56. The number of nitrogens with zero attached hydrogens (tertiary/aromatic N) is 3. The normalized spacial score (nSPS) is 12.7. The Balaban J connectivity index is 2.17. The molecule has 0 spiro atoms. The molecule has 3 aromatic rings. The fraction of sp³-hybridized carbons (Fsp3) is 0.455. The fourth-order valence-electron chi connectivity index (χ4n) is 3.55. The molecule has 0 saturated heterocycles. The van der Waals surface area contributed by atoms with Gasteiger partial charge in [0.15, 0.2) is 0 Å². The predicted molar refractivity (Wildman–Crippen MR) is 109 cm³/mol. The minimum Gasteiger partial charge on any atom is -0.480 e. The Morgan fingerprint density at radius 3 is 2.56 bits per heavy atom. The number of aliphatic hydroxyl groups is 1. The van der Waals surface area contributed by atoms with E-state index in [0.717, 1.165) is 40.0 Å². The highest BCUT2D eigenvalue weighted by atomic mass is 16.5. The number of hydrogen-bond acceptors (Lipinski definition) is 4. The van der Waals surface area contributed by atoms with Crippen LogP contribution in [-0.4, -0.2) is 33.4 Å². The van der Waals surface area contributed by atoms with E-state index < -0.39 is 0 Å². The molecule has 3 rings (SSSR count). The third-order valence-corrected chi connectivity index (χ3v) is 5.19. The lowest BCUT2D eigenvalue weighted by Gasteiger charge is -2.14. The molecule has 0 aliphatic rings. The van der Waals surface area contributed by atoms with E-state index in [-0.39, 0.29) is 12.5 Å². The molecule has 1 atom stereocenters. The molecule has 0 bridgehead atoms. The molecule has 27 heavy (non-hydrogen) atoms. The SMILES string of the molecule is COc1nc(C(C)C)ccc1-c1nc2c(cc1C)c(C(C)CCO)cn2C. The molecule has 0 radical (unpaired) electrons. The summed E-state index contributed by atoms with van der Waals surface area (Å²) in [6, 6.07) is 6.30. The summed E-state index contributed by atoms with van der Waals surface area (Å²) in [6.45, 7) is 8.65. The Bertz CT molecular complexity index is 960. The first kappa shape index (κ1) is 19.4. The second-order valence-corrected chi connectivity index (χ2v) is 7.58. The summed E-state index contributed by atoms with van der Waals surface area (Å²) in [4.78, 5) is 9.64. The third kappa shape index (κ3) is 3.56. The first-order valence-corrected chi connectivity index (χ1v) is 9.50. The maximum atomic E-state index is 9.30. The number of methoxy groups -OCH3 is 1. The van der Waals surface area contributed by atoms with Crippen molar-refractivity contribution in [1.29, 1.82) is 0 Å². The second-order valence-electron chi connectivity index (χ2n) is 7.58. The highest BCUT2D eigenvalue weighted by molar-refractivity contribution is 5.86. The van der Waals surface area contributed by atoms with Crippen LogP contribution >= 0.6 is 0 Å². The van der Waals surface area contributed by atoms with E-state index in [9.17, 15) is 5.11 Å². The molecule has 5 nitrogen and oxygen atoms in total. The van der Waals surface area contributed by atoms with Crippen LogP contribution in [-0.2, 0) is 7.05 Å². The molecule has 0 amide bonds. The van der Waals surface area contributed by atoms with E-state index in [2.05, 4.69) is 55.6 Å². The molecule has 0 aliphatic heterocycles. The third-order valence-electron chi connectivity index (χ3n) is 5.19. The first-order chi connectivity index (χ1) is 12.9.